The van der Waals surface area contributed by atoms with E-state index < -0.39 is 6.61 Å². The van der Waals surface area contributed by atoms with Crippen LogP contribution in [0.4, 0.5) is 8.78 Å². The molecule has 2 aromatic carbocycles. The Morgan fingerprint density at radius 2 is 1.97 bits per heavy atom. The van der Waals surface area contributed by atoms with Crippen molar-refractivity contribution in [3.63, 3.8) is 0 Å². The zero-order chi connectivity index (χ0) is 22.2. The number of hydrogen-bond donors (Lipinski definition) is 2. The molecule has 0 amide bonds. The van der Waals surface area contributed by atoms with E-state index in [-0.39, 0.29) is 36.3 Å². The molecule has 32 heavy (non-hydrogen) atoms. The lowest BCUT2D eigenvalue weighted by Gasteiger charge is -2.14. The van der Waals surface area contributed by atoms with E-state index in [4.69, 9.17) is 4.74 Å². The summed E-state index contributed by atoms with van der Waals surface area (Å²) in [6.07, 6.45) is 0. The van der Waals surface area contributed by atoms with E-state index in [1.165, 1.54) is 13.2 Å². The molecule has 1 aromatic heterocycles. The third kappa shape index (κ3) is 6.68. The Labute approximate surface area is 203 Å². The highest BCUT2D eigenvalue weighted by molar-refractivity contribution is 14.0. The Balaban J connectivity index is 0.00000363. The van der Waals surface area contributed by atoms with E-state index in [9.17, 15) is 8.78 Å². The molecule has 10 heteroatoms. The summed E-state index contributed by atoms with van der Waals surface area (Å²) in [5.74, 6) is 2.15. The average molecular weight is 559 g/mol. The van der Waals surface area contributed by atoms with Gasteiger partial charge >= 0.3 is 6.61 Å². The van der Waals surface area contributed by atoms with Gasteiger partial charge in [-0.3, -0.25) is 0 Å². The van der Waals surface area contributed by atoms with Gasteiger partial charge in [0.2, 0.25) is 0 Å². The van der Waals surface area contributed by atoms with Gasteiger partial charge in [0.25, 0.3) is 0 Å². The van der Waals surface area contributed by atoms with Crippen LogP contribution in [0.1, 0.15) is 18.3 Å². The van der Waals surface area contributed by atoms with Crippen molar-refractivity contribution in [2.45, 2.75) is 33.5 Å². The second-order valence-corrected chi connectivity index (χ2v) is 6.77. The van der Waals surface area contributed by atoms with Gasteiger partial charge in [-0.25, -0.2) is 9.98 Å². The highest BCUT2D eigenvalue weighted by Crippen LogP contribution is 2.26. The SMILES string of the molecule is CCNC(=NCc1cc(OC)ccc1OC(F)F)NCCn1c(C)nc2ccccc21.I. The summed E-state index contributed by atoms with van der Waals surface area (Å²) in [6.45, 7) is 3.17. The lowest BCUT2D eigenvalue weighted by molar-refractivity contribution is -0.0504. The summed E-state index contributed by atoms with van der Waals surface area (Å²) in [7, 11) is 1.52. The smallest absolute Gasteiger partial charge is 0.387 e. The first-order chi connectivity index (χ1) is 15.0. The Kier molecular flexibility index (Phi) is 9.95. The Bertz CT molecular complexity index is 1040. The summed E-state index contributed by atoms with van der Waals surface area (Å²) >= 11 is 0. The summed E-state index contributed by atoms with van der Waals surface area (Å²) in [4.78, 5) is 9.09. The minimum absolute atomic E-state index is 0. The maximum absolute atomic E-state index is 12.7. The first-order valence-electron chi connectivity index (χ1n) is 10.1. The summed E-state index contributed by atoms with van der Waals surface area (Å²) in [5.41, 5.74) is 2.55. The van der Waals surface area contributed by atoms with Gasteiger partial charge < -0.3 is 24.7 Å². The Hall–Kier alpha value is -2.63. The lowest BCUT2D eigenvalue weighted by Crippen LogP contribution is -2.38. The van der Waals surface area contributed by atoms with Crippen molar-refractivity contribution in [3.8, 4) is 11.5 Å². The quantitative estimate of drug-likeness (QED) is 0.232. The fraction of sp³-hybridized carbons (Fsp3) is 0.364. The van der Waals surface area contributed by atoms with Gasteiger partial charge in [0.05, 0.1) is 24.7 Å². The topological polar surface area (TPSA) is 72.7 Å². The molecule has 2 N–H and O–H groups in total. The Morgan fingerprint density at radius 3 is 2.69 bits per heavy atom. The first kappa shape index (κ1) is 25.6. The van der Waals surface area contributed by atoms with E-state index in [0.717, 1.165) is 16.9 Å². The third-order valence-corrected chi connectivity index (χ3v) is 4.71. The molecule has 0 fully saturated rings. The van der Waals surface area contributed by atoms with Crippen molar-refractivity contribution < 1.29 is 18.3 Å². The first-order valence-corrected chi connectivity index (χ1v) is 10.1. The number of fused-ring (bicyclic) bond motifs is 1. The van der Waals surface area contributed by atoms with E-state index in [2.05, 4.69) is 29.9 Å². The minimum atomic E-state index is -2.91. The highest BCUT2D eigenvalue weighted by Gasteiger charge is 2.11. The van der Waals surface area contributed by atoms with Crippen molar-refractivity contribution in [3.05, 3.63) is 53.9 Å². The van der Waals surface area contributed by atoms with Crippen molar-refractivity contribution in [1.82, 2.24) is 20.2 Å². The molecular formula is C22H28F2IN5O2. The number of aromatic nitrogens is 2. The molecule has 0 aliphatic rings. The molecule has 0 aliphatic carbocycles. The van der Waals surface area contributed by atoms with Gasteiger partial charge in [-0.05, 0) is 44.2 Å². The normalized spacial score (nSPS) is 11.4. The number of methoxy groups -OCH3 is 1. The van der Waals surface area contributed by atoms with Gasteiger partial charge in [0.1, 0.15) is 17.3 Å². The predicted octanol–water partition coefficient (Wildman–Crippen LogP) is 4.33. The number of para-hydroxylation sites is 2. The van der Waals surface area contributed by atoms with Crippen molar-refractivity contribution in [1.29, 1.82) is 0 Å². The van der Waals surface area contributed by atoms with Crippen LogP contribution in [0, 0.1) is 6.92 Å². The molecule has 3 aromatic rings. The molecule has 0 bridgehead atoms. The molecule has 0 spiro atoms. The summed E-state index contributed by atoms with van der Waals surface area (Å²) < 4.78 is 37.4. The fourth-order valence-corrected chi connectivity index (χ4v) is 3.29. The van der Waals surface area contributed by atoms with Gasteiger partial charge in [-0.2, -0.15) is 8.78 Å². The van der Waals surface area contributed by atoms with Crippen LogP contribution < -0.4 is 20.1 Å². The van der Waals surface area contributed by atoms with Crippen LogP contribution in [-0.4, -0.2) is 42.3 Å². The maximum Gasteiger partial charge on any atom is 0.387 e. The molecule has 0 atom stereocenters. The van der Waals surface area contributed by atoms with Crippen molar-refractivity contribution >= 4 is 41.0 Å². The van der Waals surface area contributed by atoms with E-state index in [0.29, 0.717) is 36.9 Å². The average Bonchev–Trinajstić information content (AvgIpc) is 3.07. The largest absolute Gasteiger partial charge is 0.497 e. The van der Waals surface area contributed by atoms with Crippen LogP contribution in [0.15, 0.2) is 47.5 Å². The summed E-state index contributed by atoms with van der Waals surface area (Å²) in [5, 5.41) is 6.45. The Morgan fingerprint density at radius 1 is 1.19 bits per heavy atom. The molecule has 0 unspecified atom stereocenters. The second-order valence-electron chi connectivity index (χ2n) is 6.77. The zero-order valence-corrected chi connectivity index (χ0v) is 20.6. The van der Waals surface area contributed by atoms with Crippen molar-refractivity contribution in [2.24, 2.45) is 4.99 Å². The van der Waals surface area contributed by atoms with Gasteiger partial charge in [0.15, 0.2) is 5.96 Å². The number of nitrogens with one attached hydrogen (secondary N) is 2. The third-order valence-electron chi connectivity index (χ3n) is 4.71. The van der Waals surface area contributed by atoms with E-state index >= 15 is 0 Å². The van der Waals surface area contributed by atoms with E-state index in [1.54, 1.807) is 12.1 Å². The molecule has 7 nitrogen and oxygen atoms in total. The minimum Gasteiger partial charge on any atom is -0.497 e. The number of halogens is 3. The molecule has 1 heterocycles. The fourth-order valence-electron chi connectivity index (χ4n) is 3.29. The predicted molar refractivity (Wildman–Crippen MR) is 132 cm³/mol. The number of imidazole rings is 1. The van der Waals surface area contributed by atoms with Crippen LogP contribution in [0.5, 0.6) is 11.5 Å². The number of hydrogen-bond acceptors (Lipinski definition) is 4. The van der Waals surface area contributed by atoms with E-state index in [1.807, 2.05) is 38.1 Å². The zero-order valence-electron chi connectivity index (χ0n) is 18.3. The number of alkyl halides is 2. The standard InChI is InChI=1S/C22H27F2N5O2.HI/c1-4-25-22(26-11-12-29-15(2)28-18-7-5-6-8-19(18)29)27-14-16-13-17(30-3)9-10-20(16)31-21(23)24;/h5-10,13,21H,4,11-12,14H2,1-3H3,(H2,25,26,27);1H. The second kappa shape index (κ2) is 12.4. The number of benzene rings is 2. The maximum atomic E-state index is 12.7. The van der Waals surface area contributed by atoms with Crippen LogP contribution in [-0.2, 0) is 13.1 Å². The molecule has 174 valence electrons. The molecular weight excluding hydrogens is 531 g/mol. The molecule has 0 aliphatic heterocycles. The van der Waals surface area contributed by atoms with Gasteiger partial charge in [-0.15, -0.1) is 24.0 Å². The van der Waals surface area contributed by atoms with Crippen LogP contribution >= 0.6 is 24.0 Å². The number of guanidine groups is 1. The number of aliphatic imine (C=N–C) groups is 1. The lowest BCUT2D eigenvalue weighted by atomic mass is 10.2. The summed E-state index contributed by atoms with van der Waals surface area (Å²) in [6, 6.07) is 12.7. The van der Waals surface area contributed by atoms with Crippen molar-refractivity contribution in [2.75, 3.05) is 20.2 Å². The number of ether oxygens (including phenoxy) is 2. The monoisotopic (exact) mass is 559 g/mol. The molecule has 0 radical (unpaired) electrons. The van der Waals surface area contributed by atoms with Crippen LogP contribution in [0.2, 0.25) is 0 Å². The van der Waals surface area contributed by atoms with Crippen LogP contribution in [0.25, 0.3) is 11.0 Å². The number of nitrogens with zero attached hydrogens (tertiary/aromatic N) is 3. The molecule has 0 saturated heterocycles. The van der Waals surface area contributed by atoms with Crippen LogP contribution in [0.3, 0.4) is 0 Å². The number of rotatable bonds is 9. The van der Waals surface area contributed by atoms with Gasteiger partial charge in [-0.1, -0.05) is 12.1 Å². The number of aryl methyl sites for hydroxylation is 1. The highest BCUT2D eigenvalue weighted by atomic mass is 127. The molecule has 0 saturated carbocycles. The molecule has 3 rings (SSSR count). The van der Waals surface area contributed by atoms with Gasteiger partial charge in [0, 0.05) is 25.2 Å².